The zero-order valence-corrected chi connectivity index (χ0v) is 16.5. The molecule has 30 heavy (non-hydrogen) atoms. The van der Waals surface area contributed by atoms with Crippen LogP contribution in [0.2, 0.25) is 5.02 Å². The number of ether oxygens (including phenoxy) is 1. The van der Waals surface area contributed by atoms with Crippen LogP contribution in [0.4, 0.5) is 14.9 Å². The highest BCUT2D eigenvalue weighted by atomic mass is 35.5. The Hall–Kier alpha value is -3.17. The number of nitrogens with two attached hydrogens (primary N) is 1. The molecule has 3 rings (SSSR count). The topological polar surface area (TPSA) is 122 Å². The smallest absolute Gasteiger partial charge is 0.407 e. The van der Waals surface area contributed by atoms with E-state index in [4.69, 9.17) is 22.1 Å². The van der Waals surface area contributed by atoms with Crippen molar-refractivity contribution in [3.8, 4) is 0 Å². The van der Waals surface area contributed by atoms with Gasteiger partial charge in [-0.1, -0.05) is 11.6 Å². The minimum atomic E-state index is -2.31. The third kappa shape index (κ3) is 4.87. The second kappa shape index (κ2) is 8.68. The van der Waals surface area contributed by atoms with Gasteiger partial charge in [-0.2, -0.15) is 0 Å². The molecule has 0 unspecified atom stereocenters. The monoisotopic (exact) mass is 435 g/mol. The number of nitrogens with zero attached hydrogens (tertiary/aromatic N) is 1. The zero-order valence-electron chi connectivity index (χ0n) is 15.7. The predicted octanol–water partition coefficient (Wildman–Crippen LogP) is 1.97. The zero-order chi connectivity index (χ0) is 21.9. The third-order valence-corrected chi connectivity index (χ3v) is 4.80. The number of nitrogens with one attached hydrogen (secondary N) is 1. The normalized spacial score (nSPS) is 18.4. The maximum Gasteiger partial charge on any atom is 0.410 e. The summed E-state index contributed by atoms with van der Waals surface area (Å²) in [4.78, 5) is 37.0. The molecule has 10 heteroatoms. The van der Waals surface area contributed by atoms with Crippen LogP contribution >= 0.6 is 11.6 Å². The molecule has 2 aromatic carbocycles. The Kier molecular flexibility index (Phi) is 6.23. The average Bonchev–Trinajstić information content (AvgIpc) is 2.95. The van der Waals surface area contributed by atoms with E-state index >= 15 is 0 Å². The molecule has 1 aliphatic heterocycles. The van der Waals surface area contributed by atoms with E-state index in [2.05, 4.69) is 5.32 Å². The lowest BCUT2D eigenvalue weighted by atomic mass is 10.1. The molecule has 158 valence electrons. The van der Waals surface area contributed by atoms with Gasteiger partial charge in [-0.05, 0) is 54.4 Å². The number of carbonyl (C=O) groups is 3. The Balaban J connectivity index is 1.56. The number of halogens is 2. The van der Waals surface area contributed by atoms with Crippen LogP contribution in [0.25, 0.3) is 0 Å². The maximum atomic E-state index is 13.3. The van der Waals surface area contributed by atoms with Gasteiger partial charge in [0.25, 0.3) is 11.7 Å². The quantitative estimate of drug-likeness (QED) is 0.599. The minimum absolute atomic E-state index is 0.0845. The summed E-state index contributed by atoms with van der Waals surface area (Å²) in [6, 6.07) is 9.94. The molecule has 1 fully saturated rings. The van der Waals surface area contributed by atoms with Crippen molar-refractivity contribution in [3.63, 3.8) is 0 Å². The Morgan fingerprint density at radius 1 is 1.27 bits per heavy atom. The van der Waals surface area contributed by atoms with Crippen molar-refractivity contribution in [2.75, 3.05) is 18.0 Å². The Morgan fingerprint density at radius 3 is 2.60 bits per heavy atom. The van der Waals surface area contributed by atoms with E-state index in [1.165, 1.54) is 41.3 Å². The van der Waals surface area contributed by atoms with Crippen LogP contribution < -0.4 is 16.0 Å². The summed E-state index contributed by atoms with van der Waals surface area (Å²) in [7, 11) is 0. The van der Waals surface area contributed by atoms with E-state index < -0.39 is 29.5 Å². The van der Waals surface area contributed by atoms with Crippen LogP contribution in [0.3, 0.4) is 0 Å². The van der Waals surface area contributed by atoms with Crippen molar-refractivity contribution >= 4 is 35.2 Å². The molecule has 0 aromatic heterocycles. The molecule has 1 atom stereocenters. The van der Waals surface area contributed by atoms with E-state index in [0.717, 1.165) is 0 Å². The summed E-state index contributed by atoms with van der Waals surface area (Å²) in [5.41, 5.74) is 6.45. The molecule has 1 heterocycles. The number of primary amides is 1. The molecule has 1 saturated heterocycles. The van der Waals surface area contributed by atoms with Crippen molar-refractivity contribution in [3.05, 3.63) is 64.4 Å². The molecular formula is C20H19ClFN3O5. The molecule has 0 saturated carbocycles. The molecular weight excluding hydrogens is 417 g/mol. The fraction of sp³-hybridized carbons (Fsp3) is 0.250. The van der Waals surface area contributed by atoms with Gasteiger partial charge in [-0.15, -0.1) is 0 Å². The highest BCUT2D eigenvalue weighted by Crippen LogP contribution is 2.29. The lowest BCUT2D eigenvalue weighted by Gasteiger charge is -2.22. The van der Waals surface area contributed by atoms with Gasteiger partial charge < -0.3 is 25.8 Å². The minimum Gasteiger partial charge on any atom is -0.407 e. The van der Waals surface area contributed by atoms with Gasteiger partial charge in [0.05, 0.1) is 0 Å². The van der Waals surface area contributed by atoms with E-state index in [-0.39, 0.29) is 36.5 Å². The summed E-state index contributed by atoms with van der Waals surface area (Å²) in [6.45, 7) is 0.196. The lowest BCUT2D eigenvalue weighted by molar-refractivity contribution is -0.175. The highest BCUT2D eigenvalue weighted by molar-refractivity contribution is 6.30. The SMILES string of the molecule is NC(=O)c1ccc(N2CC[C@@](O)(OC(=O)NCCc3cc(F)cc(Cl)c3)C2=O)cc1. The van der Waals surface area contributed by atoms with Crippen LogP contribution in [0.5, 0.6) is 0 Å². The van der Waals surface area contributed by atoms with E-state index in [1.807, 2.05) is 0 Å². The Bertz CT molecular complexity index is 965. The average molecular weight is 436 g/mol. The largest absolute Gasteiger partial charge is 0.410 e. The van der Waals surface area contributed by atoms with Gasteiger partial charge in [0, 0.05) is 35.8 Å². The molecule has 3 amide bonds. The van der Waals surface area contributed by atoms with Crippen LogP contribution in [0, 0.1) is 5.82 Å². The van der Waals surface area contributed by atoms with E-state index in [9.17, 15) is 23.9 Å². The molecule has 0 aliphatic carbocycles. The van der Waals surface area contributed by atoms with Crippen molar-refractivity contribution in [2.45, 2.75) is 18.6 Å². The molecule has 0 spiro atoms. The fourth-order valence-electron chi connectivity index (χ4n) is 3.08. The first-order chi connectivity index (χ1) is 14.2. The van der Waals surface area contributed by atoms with Gasteiger partial charge in [-0.3, -0.25) is 9.59 Å². The first-order valence-electron chi connectivity index (χ1n) is 9.04. The number of alkyl carbamates (subject to hydrolysis) is 1. The van der Waals surface area contributed by atoms with Crippen molar-refractivity contribution < 1.29 is 28.6 Å². The number of aliphatic hydroxyl groups is 1. The van der Waals surface area contributed by atoms with Gasteiger partial charge in [0.1, 0.15) is 5.82 Å². The van der Waals surface area contributed by atoms with Crippen LogP contribution in [0.15, 0.2) is 42.5 Å². The number of hydrogen-bond acceptors (Lipinski definition) is 5. The maximum absolute atomic E-state index is 13.3. The van der Waals surface area contributed by atoms with Crippen LogP contribution in [-0.2, 0) is 16.0 Å². The summed E-state index contributed by atoms with van der Waals surface area (Å²) >= 11 is 5.78. The first kappa shape index (κ1) is 21.5. The number of rotatable bonds is 6. The summed E-state index contributed by atoms with van der Waals surface area (Å²) < 4.78 is 18.3. The second-order valence-electron chi connectivity index (χ2n) is 6.75. The summed E-state index contributed by atoms with van der Waals surface area (Å²) in [5, 5.41) is 13.1. The van der Waals surface area contributed by atoms with Gasteiger partial charge in [0.15, 0.2) is 0 Å². The summed E-state index contributed by atoms with van der Waals surface area (Å²) in [5.74, 6) is -4.21. The Morgan fingerprint density at radius 2 is 1.97 bits per heavy atom. The third-order valence-electron chi connectivity index (χ3n) is 4.58. The predicted molar refractivity (Wildman–Crippen MR) is 106 cm³/mol. The molecule has 0 bridgehead atoms. The van der Waals surface area contributed by atoms with Crippen LogP contribution in [-0.4, -0.2) is 41.9 Å². The van der Waals surface area contributed by atoms with Gasteiger partial charge in [-0.25, -0.2) is 9.18 Å². The van der Waals surface area contributed by atoms with E-state index in [0.29, 0.717) is 11.3 Å². The van der Waals surface area contributed by atoms with Crippen molar-refractivity contribution in [2.24, 2.45) is 5.73 Å². The molecule has 4 N–H and O–H groups in total. The number of anilines is 1. The molecule has 2 aromatic rings. The van der Waals surface area contributed by atoms with E-state index in [1.54, 1.807) is 6.07 Å². The summed E-state index contributed by atoms with van der Waals surface area (Å²) in [6.07, 6.45) is -0.840. The number of benzene rings is 2. The lowest BCUT2D eigenvalue weighted by Crippen LogP contribution is -2.46. The molecule has 0 radical (unpaired) electrons. The second-order valence-corrected chi connectivity index (χ2v) is 7.18. The fourth-order valence-corrected chi connectivity index (χ4v) is 3.33. The van der Waals surface area contributed by atoms with Crippen molar-refractivity contribution in [1.29, 1.82) is 0 Å². The number of hydrogen-bond donors (Lipinski definition) is 3. The van der Waals surface area contributed by atoms with Crippen molar-refractivity contribution in [1.82, 2.24) is 5.32 Å². The van der Waals surface area contributed by atoms with Gasteiger partial charge in [0.2, 0.25) is 5.91 Å². The van der Waals surface area contributed by atoms with Gasteiger partial charge >= 0.3 is 6.09 Å². The number of carbonyl (C=O) groups excluding carboxylic acids is 3. The standard InChI is InChI=1S/C20H19ClFN3O5/c21-14-9-12(10-15(22)11-14)5-7-24-19(28)30-20(29)6-8-25(18(20)27)16-3-1-13(2-4-16)17(23)26/h1-4,9-11,29H,5-8H2,(H2,23,26)(H,24,28)/t20-/m1/s1. The Labute approximate surface area is 176 Å². The molecule has 1 aliphatic rings. The highest BCUT2D eigenvalue weighted by Gasteiger charge is 2.49. The molecule has 8 nitrogen and oxygen atoms in total. The first-order valence-corrected chi connectivity index (χ1v) is 9.42. The van der Waals surface area contributed by atoms with Crippen LogP contribution in [0.1, 0.15) is 22.3 Å². The number of amides is 3.